The Hall–Kier alpha value is -3.86. The van der Waals surface area contributed by atoms with Gasteiger partial charge in [0.25, 0.3) is 0 Å². The molecule has 1 fully saturated rings. The fourth-order valence-corrected chi connectivity index (χ4v) is 5.48. The van der Waals surface area contributed by atoms with Crippen molar-refractivity contribution < 1.29 is 14.3 Å². The van der Waals surface area contributed by atoms with Crippen molar-refractivity contribution in [1.82, 2.24) is 15.5 Å². The summed E-state index contributed by atoms with van der Waals surface area (Å²) in [6.45, 7) is 15.2. The first kappa shape index (κ1) is 30.7. The lowest BCUT2D eigenvalue weighted by Crippen LogP contribution is -2.64. The van der Waals surface area contributed by atoms with E-state index in [1.54, 1.807) is 26.1 Å². The Morgan fingerprint density at radius 3 is 2.67 bits per heavy atom. The molecule has 3 N–H and O–H groups in total. The largest absolute Gasteiger partial charge is 0.487 e. The third-order valence-corrected chi connectivity index (χ3v) is 7.82. The van der Waals surface area contributed by atoms with Gasteiger partial charge in [-0.25, -0.2) is 0 Å². The summed E-state index contributed by atoms with van der Waals surface area (Å²) >= 11 is 0. The van der Waals surface area contributed by atoms with Crippen molar-refractivity contribution in [2.75, 3.05) is 0 Å². The van der Waals surface area contributed by atoms with E-state index in [1.165, 1.54) is 4.90 Å². The standard InChI is InChI=1S/C32H43N5O3/c1-8-11-12-16-26(37-28(38)20-32(9-2,10-3)36-30(37)33)23(21-34-7)18-22(4)29(39)35-25-19-31(5,6)40-27-17-14-13-15-24(25)27/h13-15,17-18,21,25-26H,7,9-10,12,16,19-20H2,1-6H3,(H2,33,36)(H,35,39)/b22-18+,23-21+/t25-,26?/m0/s1. The quantitative estimate of drug-likeness (QED) is 0.158. The van der Waals surface area contributed by atoms with Crippen LogP contribution in [0.5, 0.6) is 5.75 Å². The number of hydrogen-bond acceptors (Lipinski definition) is 5. The van der Waals surface area contributed by atoms with E-state index in [-0.39, 0.29) is 30.2 Å². The van der Waals surface area contributed by atoms with Gasteiger partial charge in [-0.1, -0.05) is 32.0 Å². The van der Waals surface area contributed by atoms with Crippen molar-refractivity contribution >= 4 is 24.5 Å². The van der Waals surface area contributed by atoms with Crippen LogP contribution in [0, 0.1) is 17.3 Å². The molecule has 3 rings (SSSR count). The highest BCUT2D eigenvalue weighted by molar-refractivity contribution is 6.00. The third-order valence-electron chi connectivity index (χ3n) is 7.82. The third kappa shape index (κ3) is 7.01. The van der Waals surface area contributed by atoms with Crippen LogP contribution in [0.1, 0.15) is 91.7 Å². The van der Waals surface area contributed by atoms with Gasteiger partial charge in [-0.05, 0) is 71.4 Å². The van der Waals surface area contributed by atoms with Crippen LogP contribution in [0.3, 0.4) is 0 Å². The monoisotopic (exact) mass is 545 g/mol. The Balaban J connectivity index is 1.91. The summed E-state index contributed by atoms with van der Waals surface area (Å²) in [5, 5.41) is 15.3. The smallest absolute Gasteiger partial charge is 0.247 e. The zero-order chi connectivity index (χ0) is 29.5. The summed E-state index contributed by atoms with van der Waals surface area (Å²) in [4.78, 5) is 32.5. The molecule has 2 amide bonds. The maximum Gasteiger partial charge on any atom is 0.247 e. The number of para-hydroxylation sites is 1. The summed E-state index contributed by atoms with van der Waals surface area (Å²) in [7, 11) is 0. The van der Waals surface area contributed by atoms with Gasteiger partial charge < -0.3 is 15.4 Å². The molecule has 1 aromatic rings. The fraction of sp³-hybridized carbons (Fsp3) is 0.500. The van der Waals surface area contributed by atoms with Gasteiger partial charge in [0.15, 0.2) is 5.96 Å². The number of nitrogens with one attached hydrogen (secondary N) is 3. The van der Waals surface area contributed by atoms with Gasteiger partial charge in [-0.15, -0.1) is 11.8 Å². The molecule has 2 aliphatic rings. The summed E-state index contributed by atoms with van der Waals surface area (Å²) < 4.78 is 6.12. The lowest BCUT2D eigenvalue weighted by Gasteiger charge is -2.45. The van der Waals surface area contributed by atoms with E-state index < -0.39 is 17.2 Å². The number of nitrogens with zero attached hydrogens (tertiary/aromatic N) is 2. The Morgan fingerprint density at radius 1 is 1.35 bits per heavy atom. The average molecular weight is 546 g/mol. The maximum atomic E-state index is 13.5. The second-order valence-electron chi connectivity index (χ2n) is 11.2. The van der Waals surface area contributed by atoms with Gasteiger partial charge >= 0.3 is 0 Å². The van der Waals surface area contributed by atoms with Gasteiger partial charge in [-0.2, -0.15) is 0 Å². The fourth-order valence-electron chi connectivity index (χ4n) is 5.48. The van der Waals surface area contributed by atoms with Crippen molar-refractivity contribution in [2.24, 2.45) is 4.99 Å². The molecule has 1 unspecified atom stereocenters. The zero-order valence-corrected chi connectivity index (χ0v) is 24.7. The summed E-state index contributed by atoms with van der Waals surface area (Å²) in [5.41, 5.74) is 1.16. The highest BCUT2D eigenvalue weighted by Gasteiger charge is 2.42. The Kier molecular flexibility index (Phi) is 9.97. The molecule has 8 heteroatoms. The van der Waals surface area contributed by atoms with Crippen LogP contribution in [-0.4, -0.2) is 46.6 Å². The van der Waals surface area contributed by atoms with Gasteiger partial charge in [0.05, 0.1) is 18.5 Å². The lowest BCUT2D eigenvalue weighted by atomic mass is 9.85. The average Bonchev–Trinajstić information content (AvgIpc) is 2.90. The van der Waals surface area contributed by atoms with E-state index >= 15 is 0 Å². The van der Waals surface area contributed by atoms with E-state index in [4.69, 9.17) is 10.1 Å². The maximum absolute atomic E-state index is 13.5. The zero-order valence-electron chi connectivity index (χ0n) is 24.7. The Bertz CT molecular complexity index is 1240. The van der Waals surface area contributed by atoms with Crippen molar-refractivity contribution in [3.8, 4) is 17.6 Å². The molecular formula is C32H43N5O3. The summed E-state index contributed by atoms with van der Waals surface area (Å²) in [6, 6.07) is 7.01. The van der Waals surface area contributed by atoms with Gasteiger partial charge in [0, 0.05) is 35.7 Å². The highest BCUT2D eigenvalue weighted by atomic mass is 16.5. The number of aliphatic imine (C=N–C) groups is 1. The molecule has 214 valence electrons. The van der Waals surface area contributed by atoms with Crippen molar-refractivity contribution in [3.05, 3.63) is 53.3 Å². The SMILES string of the molecule is C=N/C=C(\C=C(/C)C(=O)N[C@H]1CC(C)(C)Oc2ccccc21)C(CCC#CC)N1C(=N)NC(CC)(CC)CC1=O. The normalized spacial score (nSPS) is 20.8. The van der Waals surface area contributed by atoms with Crippen molar-refractivity contribution in [2.45, 2.75) is 103 Å². The molecule has 0 radical (unpaired) electrons. The van der Waals surface area contributed by atoms with Gasteiger partial charge in [-0.3, -0.25) is 24.9 Å². The molecule has 0 spiro atoms. The molecular weight excluding hydrogens is 502 g/mol. The molecule has 8 nitrogen and oxygen atoms in total. The summed E-state index contributed by atoms with van der Waals surface area (Å²) in [5.74, 6) is 6.43. The minimum Gasteiger partial charge on any atom is -0.487 e. The van der Waals surface area contributed by atoms with Crippen LogP contribution >= 0.6 is 0 Å². The number of fused-ring (bicyclic) bond motifs is 1. The number of guanidine groups is 1. The minimum absolute atomic E-state index is 0.0564. The van der Waals surface area contributed by atoms with Gasteiger partial charge in [0.2, 0.25) is 11.8 Å². The van der Waals surface area contributed by atoms with E-state index in [0.717, 1.165) is 24.2 Å². The Labute approximate surface area is 238 Å². The van der Waals surface area contributed by atoms with E-state index in [9.17, 15) is 9.59 Å². The highest BCUT2D eigenvalue weighted by Crippen LogP contribution is 2.39. The number of benzene rings is 1. The van der Waals surface area contributed by atoms with E-state index in [1.807, 2.05) is 52.0 Å². The number of carbonyl (C=O) groups is 2. The summed E-state index contributed by atoms with van der Waals surface area (Å²) in [6.07, 6.45) is 6.69. The molecule has 0 saturated carbocycles. The molecule has 2 heterocycles. The topological polar surface area (TPSA) is 107 Å². The van der Waals surface area contributed by atoms with Crippen LogP contribution in [0.15, 0.2) is 52.7 Å². The predicted molar refractivity (Wildman–Crippen MR) is 160 cm³/mol. The van der Waals surface area contributed by atoms with Crippen LogP contribution in [-0.2, 0) is 9.59 Å². The molecule has 2 atom stereocenters. The molecule has 0 bridgehead atoms. The first-order valence-electron chi connectivity index (χ1n) is 14.0. The molecule has 1 aromatic carbocycles. The number of rotatable bonds is 10. The first-order valence-corrected chi connectivity index (χ1v) is 14.0. The van der Waals surface area contributed by atoms with Crippen LogP contribution in [0.25, 0.3) is 0 Å². The van der Waals surface area contributed by atoms with Crippen molar-refractivity contribution in [3.63, 3.8) is 0 Å². The molecule has 2 aliphatic heterocycles. The molecule has 0 aromatic heterocycles. The number of carbonyl (C=O) groups excluding carboxylic acids is 2. The second kappa shape index (κ2) is 13.0. The first-order chi connectivity index (χ1) is 19.0. The van der Waals surface area contributed by atoms with Crippen LogP contribution in [0.4, 0.5) is 0 Å². The number of hydrogen-bond donors (Lipinski definition) is 3. The van der Waals surface area contributed by atoms with Crippen LogP contribution < -0.4 is 15.4 Å². The minimum atomic E-state index is -0.531. The number of amides is 2. The Morgan fingerprint density at radius 2 is 2.05 bits per heavy atom. The van der Waals surface area contributed by atoms with Crippen molar-refractivity contribution in [1.29, 1.82) is 5.41 Å². The predicted octanol–water partition coefficient (Wildman–Crippen LogP) is 5.42. The number of ether oxygens (including phenoxy) is 1. The second-order valence-corrected chi connectivity index (χ2v) is 11.2. The van der Waals surface area contributed by atoms with E-state index in [2.05, 4.69) is 34.2 Å². The molecule has 40 heavy (non-hydrogen) atoms. The molecule has 0 aliphatic carbocycles. The lowest BCUT2D eigenvalue weighted by molar-refractivity contribution is -0.132. The van der Waals surface area contributed by atoms with E-state index in [0.29, 0.717) is 30.4 Å². The van der Waals surface area contributed by atoms with Gasteiger partial charge in [0.1, 0.15) is 11.4 Å². The van der Waals surface area contributed by atoms with Crippen LogP contribution in [0.2, 0.25) is 0 Å². The molecule has 1 saturated heterocycles.